The molecule has 2 unspecified atom stereocenters. The van der Waals surface area contributed by atoms with Crippen molar-refractivity contribution >= 4 is 5.91 Å². The molecule has 1 aromatic rings. The standard InChI is InChI=1S/C13H19F2N3O/c1-9(16)10-4-6-18(7-10)13(19)11-3-2-5-17(11)8-12(14)15/h2-3,5,9-10,12H,4,6-8,16H2,1H3. The van der Waals surface area contributed by atoms with E-state index in [0.29, 0.717) is 24.7 Å². The Balaban J connectivity index is 2.06. The molecule has 0 saturated carbocycles. The fourth-order valence-corrected chi connectivity index (χ4v) is 2.48. The maximum Gasteiger partial charge on any atom is 0.270 e. The smallest absolute Gasteiger partial charge is 0.270 e. The predicted molar refractivity (Wildman–Crippen MR) is 68.1 cm³/mol. The number of carbonyl (C=O) groups excluding carboxylic acids is 1. The number of alkyl halides is 2. The molecule has 0 aromatic carbocycles. The third kappa shape index (κ3) is 3.12. The average Bonchev–Trinajstić information content (AvgIpc) is 2.95. The second kappa shape index (κ2) is 5.69. The second-order valence-electron chi connectivity index (χ2n) is 5.10. The van der Waals surface area contributed by atoms with Gasteiger partial charge in [0.05, 0.1) is 6.54 Å². The highest BCUT2D eigenvalue weighted by molar-refractivity contribution is 5.93. The van der Waals surface area contributed by atoms with Crippen LogP contribution in [0.15, 0.2) is 18.3 Å². The summed E-state index contributed by atoms with van der Waals surface area (Å²) < 4.78 is 26.2. The van der Waals surface area contributed by atoms with Crippen LogP contribution in [0.4, 0.5) is 8.78 Å². The molecule has 1 amide bonds. The largest absolute Gasteiger partial charge is 0.338 e. The number of amides is 1. The quantitative estimate of drug-likeness (QED) is 0.903. The van der Waals surface area contributed by atoms with Crippen LogP contribution in [0.3, 0.4) is 0 Å². The fourth-order valence-electron chi connectivity index (χ4n) is 2.48. The van der Waals surface area contributed by atoms with Crippen LogP contribution in [0.1, 0.15) is 23.8 Å². The van der Waals surface area contributed by atoms with Gasteiger partial charge in [0.15, 0.2) is 0 Å². The molecule has 1 aliphatic rings. The van der Waals surface area contributed by atoms with E-state index < -0.39 is 13.0 Å². The van der Waals surface area contributed by atoms with E-state index in [0.717, 1.165) is 6.42 Å². The molecule has 1 fully saturated rings. The summed E-state index contributed by atoms with van der Waals surface area (Å²) in [5, 5.41) is 0. The zero-order chi connectivity index (χ0) is 14.0. The first kappa shape index (κ1) is 14.0. The highest BCUT2D eigenvalue weighted by atomic mass is 19.3. The van der Waals surface area contributed by atoms with Crippen molar-refractivity contribution in [2.24, 2.45) is 11.7 Å². The predicted octanol–water partition coefficient (Wildman–Crippen LogP) is 1.56. The molecule has 4 nitrogen and oxygen atoms in total. The second-order valence-corrected chi connectivity index (χ2v) is 5.10. The summed E-state index contributed by atoms with van der Waals surface area (Å²) in [5.41, 5.74) is 6.16. The number of rotatable bonds is 4. The van der Waals surface area contributed by atoms with Gasteiger partial charge in [0.1, 0.15) is 5.69 Å². The molecule has 2 heterocycles. The van der Waals surface area contributed by atoms with Crippen molar-refractivity contribution in [3.63, 3.8) is 0 Å². The number of nitrogens with zero attached hydrogens (tertiary/aromatic N) is 2. The van der Waals surface area contributed by atoms with Crippen LogP contribution in [-0.2, 0) is 6.54 Å². The summed E-state index contributed by atoms with van der Waals surface area (Å²) in [6, 6.07) is 3.25. The van der Waals surface area contributed by atoms with Crippen LogP contribution in [0, 0.1) is 5.92 Å². The lowest BCUT2D eigenvalue weighted by molar-refractivity contribution is 0.0765. The van der Waals surface area contributed by atoms with Crippen LogP contribution in [0.5, 0.6) is 0 Å². The molecule has 2 rings (SSSR count). The van der Waals surface area contributed by atoms with Gasteiger partial charge in [-0.05, 0) is 31.4 Å². The number of likely N-dealkylation sites (tertiary alicyclic amines) is 1. The average molecular weight is 271 g/mol. The summed E-state index contributed by atoms with van der Waals surface area (Å²) in [7, 11) is 0. The van der Waals surface area contributed by atoms with Gasteiger partial charge >= 0.3 is 0 Å². The van der Waals surface area contributed by atoms with E-state index >= 15 is 0 Å². The van der Waals surface area contributed by atoms with E-state index in [4.69, 9.17) is 5.73 Å². The van der Waals surface area contributed by atoms with E-state index in [1.165, 1.54) is 10.8 Å². The lowest BCUT2D eigenvalue weighted by Crippen LogP contribution is -2.34. The molecule has 6 heteroatoms. The Kier molecular flexibility index (Phi) is 4.19. The summed E-state index contributed by atoms with van der Waals surface area (Å²) in [6.07, 6.45) is -0.0772. The molecule has 0 radical (unpaired) electrons. The van der Waals surface area contributed by atoms with Crippen molar-refractivity contribution in [3.05, 3.63) is 24.0 Å². The molecule has 106 valence electrons. The number of aromatic nitrogens is 1. The van der Waals surface area contributed by atoms with E-state index in [1.54, 1.807) is 17.0 Å². The van der Waals surface area contributed by atoms with Gasteiger partial charge in [0.25, 0.3) is 12.3 Å². The molecule has 1 aliphatic heterocycles. The molecular formula is C13H19F2N3O. The zero-order valence-corrected chi connectivity index (χ0v) is 10.9. The minimum Gasteiger partial charge on any atom is -0.338 e. The first-order valence-corrected chi connectivity index (χ1v) is 6.47. The normalized spacial score (nSPS) is 21.1. The molecule has 0 bridgehead atoms. The first-order valence-electron chi connectivity index (χ1n) is 6.47. The van der Waals surface area contributed by atoms with Gasteiger partial charge in [-0.2, -0.15) is 0 Å². The first-order chi connectivity index (χ1) is 8.99. The van der Waals surface area contributed by atoms with Crippen molar-refractivity contribution in [2.75, 3.05) is 13.1 Å². The van der Waals surface area contributed by atoms with Gasteiger partial charge in [0.2, 0.25) is 0 Å². The number of halogens is 2. The lowest BCUT2D eigenvalue weighted by Gasteiger charge is -2.19. The van der Waals surface area contributed by atoms with Crippen molar-refractivity contribution in [1.82, 2.24) is 9.47 Å². The molecule has 1 aromatic heterocycles. The Hall–Kier alpha value is -1.43. The summed E-state index contributed by atoms with van der Waals surface area (Å²) in [6.45, 7) is 2.73. The van der Waals surface area contributed by atoms with Crippen LogP contribution in [-0.4, -0.2) is 40.9 Å². The van der Waals surface area contributed by atoms with E-state index in [9.17, 15) is 13.6 Å². The Morgan fingerprint density at radius 1 is 1.58 bits per heavy atom. The van der Waals surface area contributed by atoms with Gasteiger partial charge in [-0.15, -0.1) is 0 Å². The highest BCUT2D eigenvalue weighted by Crippen LogP contribution is 2.21. The molecule has 19 heavy (non-hydrogen) atoms. The molecule has 0 aliphatic carbocycles. The Labute approximate surface area is 111 Å². The van der Waals surface area contributed by atoms with Crippen LogP contribution in [0.2, 0.25) is 0 Å². The maximum atomic E-state index is 12.4. The third-order valence-corrected chi connectivity index (χ3v) is 3.64. The molecule has 2 atom stereocenters. The van der Waals surface area contributed by atoms with Crippen LogP contribution >= 0.6 is 0 Å². The molecule has 1 saturated heterocycles. The van der Waals surface area contributed by atoms with Gasteiger partial charge < -0.3 is 15.2 Å². The summed E-state index contributed by atoms with van der Waals surface area (Å²) in [4.78, 5) is 14.0. The van der Waals surface area contributed by atoms with E-state index in [1.807, 2.05) is 6.92 Å². The number of nitrogens with two attached hydrogens (primary N) is 1. The maximum absolute atomic E-state index is 12.4. The van der Waals surface area contributed by atoms with Gasteiger partial charge in [0, 0.05) is 25.3 Å². The Bertz CT molecular complexity index is 445. The Morgan fingerprint density at radius 3 is 2.89 bits per heavy atom. The SMILES string of the molecule is CC(N)C1CCN(C(=O)c2cccn2CC(F)F)C1. The lowest BCUT2D eigenvalue weighted by atomic mass is 10.0. The topological polar surface area (TPSA) is 51.3 Å². The van der Waals surface area contributed by atoms with Crippen molar-refractivity contribution < 1.29 is 13.6 Å². The molecular weight excluding hydrogens is 252 g/mol. The molecule has 0 spiro atoms. The van der Waals surface area contributed by atoms with E-state index in [2.05, 4.69) is 0 Å². The minimum absolute atomic E-state index is 0.0469. The monoisotopic (exact) mass is 271 g/mol. The number of carbonyl (C=O) groups is 1. The van der Waals surface area contributed by atoms with Gasteiger partial charge in [-0.3, -0.25) is 4.79 Å². The van der Waals surface area contributed by atoms with Crippen molar-refractivity contribution in [2.45, 2.75) is 32.4 Å². The Morgan fingerprint density at radius 2 is 2.32 bits per heavy atom. The minimum atomic E-state index is -2.46. The summed E-state index contributed by atoms with van der Waals surface area (Å²) in [5.74, 6) is 0.108. The highest BCUT2D eigenvalue weighted by Gasteiger charge is 2.30. The fraction of sp³-hybridized carbons (Fsp3) is 0.615. The van der Waals surface area contributed by atoms with Gasteiger partial charge in [-0.1, -0.05) is 0 Å². The summed E-state index contributed by atoms with van der Waals surface area (Å²) >= 11 is 0. The van der Waals surface area contributed by atoms with Gasteiger partial charge in [-0.25, -0.2) is 8.78 Å². The van der Waals surface area contributed by atoms with Crippen LogP contribution in [0.25, 0.3) is 0 Å². The van der Waals surface area contributed by atoms with Crippen molar-refractivity contribution in [1.29, 1.82) is 0 Å². The zero-order valence-electron chi connectivity index (χ0n) is 10.9. The number of hydrogen-bond acceptors (Lipinski definition) is 2. The van der Waals surface area contributed by atoms with Crippen LogP contribution < -0.4 is 5.73 Å². The van der Waals surface area contributed by atoms with E-state index in [-0.39, 0.29) is 11.9 Å². The molecule has 2 N–H and O–H groups in total. The number of hydrogen-bond donors (Lipinski definition) is 1. The third-order valence-electron chi connectivity index (χ3n) is 3.64. The van der Waals surface area contributed by atoms with Crippen molar-refractivity contribution in [3.8, 4) is 0 Å².